The minimum atomic E-state index is -0.684. The first-order chi connectivity index (χ1) is 12.4. The highest BCUT2D eigenvalue weighted by atomic mass is 16.4. The summed E-state index contributed by atoms with van der Waals surface area (Å²) < 4.78 is 0. The minimum Gasteiger partial charge on any atom is -0.481 e. The Bertz CT molecular complexity index is 352. The third-order valence-electron chi connectivity index (χ3n) is 4.60. The average Bonchev–Trinajstić information content (AvgIpc) is 2.60. The Morgan fingerprint density at radius 3 is 1.54 bits per heavy atom. The molecule has 0 amide bonds. The summed E-state index contributed by atoms with van der Waals surface area (Å²) in [6.07, 6.45) is 15.0. The van der Waals surface area contributed by atoms with Gasteiger partial charge in [-0.2, -0.15) is 0 Å². The second kappa shape index (κ2) is 20.0. The fourth-order valence-corrected chi connectivity index (χ4v) is 2.92. The van der Waals surface area contributed by atoms with Crippen molar-refractivity contribution < 1.29 is 19.8 Å². The molecule has 0 bridgehead atoms. The number of carboxylic acids is 2. The topological polar surface area (TPSA) is 74.6 Å². The van der Waals surface area contributed by atoms with Crippen molar-refractivity contribution in [3.8, 4) is 0 Å². The third kappa shape index (κ3) is 17.5. The lowest BCUT2D eigenvalue weighted by Gasteiger charge is -2.09. The van der Waals surface area contributed by atoms with Crippen LogP contribution in [-0.4, -0.2) is 22.2 Å². The van der Waals surface area contributed by atoms with Gasteiger partial charge in [-0.1, -0.05) is 84.6 Å². The lowest BCUT2D eigenvalue weighted by Crippen LogP contribution is -2.13. The Morgan fingerprint density at radius 2 is 1.19 bits per heavy atom. The lowest BCUT2D eigenvalue weighted by atomic mass is 9.96. The van der Waals surface area contributed by atoms with Gasteiger partial charge in [-0.05, 0) is 25.7 Å². The Hall–Kier alpha value is -1.32. The van der Waals surface area contributed by atoms with Crippen LogP contribution < -0.4 is 0 Å². The van der Waals surface area contributed by atoms with Crippen molar-refractivity contribution in [2.24, 2.45) is 11.8 Å². The van der Waals surface area contributed by atoms with Gasteiger partial charge in [0.25, 0.3) is 0 Å². The Balaban J connectivity index is 0. The molecule has 0 saturated heterocycles. The summed E-state index contributed by atoms with van der Waals surface area (Å²) in [5.74, 6) is -1.61. The largest absolute Gasteiger partial charge is 0.481 e. The molecule has 0 aliphatic heterocycles. The molecule has 0 aromatic heterocycles. The van der Waals surface area contributed by atoms with Gasteiger partial charge < -0.3 is 10.2 Å². The van der Waals surface area contributed by atoms with Crippen molar-refractivity contribution in [1.29, 1.82) is 0 Å². The summed E-state index contributed by atoms with van der Waals surface area (Å²) in [6, 6.07) is 0. The first kappa shape index (κ1) is 26.9. The highest BCUT2D eigenvalue weighted by Gasteiger charge is 2.15. The minimum absolute atomic E-state index is 0.0955. The van der Waals surface area contributed by atoms with Crippen LogP contribution in [0.4, 0.5) is 0 Å². The van der Waals surface area contributed by atoms with Crippen molar-refractivity contribution in [3.05, 3.63) is 12.7 Å². The zero-order valence-corrected chi connectivity index (χ0v) is 17.3. The standard InChI is InChI=1S/C11H22O2.C11H20O2/c2*1-3-5-6-7-9-10(8-4-2)11(12)13/h10H,3-9H2,1-2H3,(H,12,13);4,10H,2-3,5-9H2,1H3,(H,12,13)/t2*10-/m11/s1. The molecule has 2 N–H and O–H groups in total. The second-order valence-corrected chi connectivity index (χ2v) is 7.08. The van der Waals surface area contributed by atoms with Crippen molar-refractivity contribution in [1.82, 2.24) is 0 Å². The third-order valence-corrected chi connectivity index (χ3v) is 4.60. The van der Waals surface area contributed by atoms with E-state index in [1.54, 1.807) is 6.08 Å². The molecule has 0 radical (unpaired) electrons. The molecule has 0 aliphatic rings. The van der Waals surface area contributed by atoms with E-state index in [9.17, 15) is 9.59 Å². The van der Waals surface area contributed by atoms with Crippen LogP contribution in [0.15, 0.2) is 12.7 Å². The van der Waals surface area contributed by atoms with Crippen LogP contribution in [0, 0.1) is 11.8 Å². The number of carboxylic acid groups (broad SMARTS) is 2. The van der Waals surface area contributed by atoms with Gasteiger partial charge in [-0.25, -0.2) is 0 Å². The maximum Gasteiger partial charge on any atom is 0.306 e. The molecule has 0 rings (SSSR count). The molecule has 0 spiro atoms. The molecular formula is C22H42O4. The van der Waals surface area contributed by atoms with Crippen molar-refractivity contribution in [2.75, 3.05) is 0 Å². The molecule has 0 saturated carbocycles. The molecule has 0 fully saturated rings. The van der Waals surface area contributed by atoms with Crippen molar-refractivity contribution in [3.63, 3.8) is 0 Å². The quantitative estimate of drug-likeness (QED) is 0.234. The molecule has 2 atom stereocenters. The van der Waals surface area contributed by atoms with Crippen LogP contribution >= 0.6 is 0 Å². The number of hydrogen-bond donors (Lipinski definition) is 2. The number of rotatable bonds is 16. The Kier molecular flexibility index (Phi) is 20.7. The number of allylic oxidation sites excluding steroid dienone is 1. The highest BCUT2D eigenvalue weighted by Crippen LogP contribution is 2.16. The smallest absolute Gasteiger partial charge is 0.306 e. The summed E-state index contributed by atoms with van der Waals surface area (Å²) in [7, 11) is 0. The van der Waals surface area contributed by atoms with Gasteiger partial charge in [0.2, 0.25) is 0 Å². The van der Waals surface area contributed by atoms with E-state index in [4.69, 9.17) is 10.2 Å². The van der Waals surface area contributed by atoms with Gasteiger partial charge in [0, 0.05) is 0 Å². The molecular weight excluding hydrogens is 328 g/mol. The van der Waals surface area contributed by atoms with Crippen LogP contribution in [0.2, 0.25) is 0 Å². The van der Waals surface area contributed by atoms with Crippen LogP contribution in [-0.2, 0) is 9.59 Å². The molecule has 0 unspecified atom stereocenters. The van der Waals surface area contributed by atoms with E-state index in [1.165, 1.54) is 32.1 Å². The maximum atomic E-state index is 10.8. The lowest BCUT2D eigenvalue weighted by molar-refractivity contribution is -0.143. The summed E-state index contributed by atoms with van der Waals surface area (Å²) >= 11 is 0. The van der Waals surface area contributed by atoms with Crippen molar-refractivity contribution >= 4 is 11.9 Å². The van der Waals surface area contributed by atoms with E-state index < -0.39 is 11.9 Å². The predicted octanol–water partition coefficient (Wildman–Crippen LogP) is 6.69. The number of hydrogen-bond acceptors (Lipinski definition) is 2. The molecule has 0 aromatic rings. The van der Waals surface area contributed by atoms with E-state index in [-0.39, 0.29) is 11.8 Å². The number of carbonyl (C=O) groups is 2. The van der Waals surface area contributed by atoms with E-state index in [0.29, 0.717) is 6.42 Å². The van der Waals surface area contributed by atoms with Crippen molar-refractivity contribution in [2.45, 2.75) is 104 Å². The van der Waals surface area contributed by atoms with Gasteiger partial charge >= 0.3 is 11.9 Å². The zero-order valence-electron chi connectivity index (χ0n) is 17.3. The van der Waals surface area contributed by atoms with Crippen LogP contribution in [0.5, 0.6) is 0 Å². The molecule has 0 aromatic carbocycles. The maximum absolute atomic E-state index is 10.8. The summed E-state index contributed by atoms with van der Waals surface area (Å²) in [6.45, 7) is 9.93. The fraction of sp³-hybridized carbons (Fsp3) is 0.818. The summed E-state index contributed by atoms with van der Waals surface area (Å²) in [4.78, 5) is 21.5. The second-order valence-electron chi connectivity index (χ2n) is 7.08. The van der Waals surface area contributed by atoms with Crippen LogP contribution in [0.25, 0.3) is 0 Å². The first-order valence-electron chi connectivity index (χ1n) is 10.5. The Labute approximate surface area is 161 Å². The Morgan fingerprint density at radius 1 is 0.731 bits per heavy atom. The van der Waals surface area contributed by atoms with Gasteiger partial charge in [0.05, 0.1) is 11.8 Å². The SMILES string of the molecule is C=CC[C@H](CCCCCC)C(=O)O.CCCCCC[C@@H](CCC)C(=O)O. The summed E-state index contributed by atoms with van der Waals surface area (Å²) in [5.41, 5.74) is 0. The zero-order chi connectivity index (χ0) is 20.2. The normalized spacial score (nSPS) is 12.6. The van der Waals surface area contributed by atoms with E-state index in [1.807, 2.05) is 6.92 Å². The molecule has 4 heteroatoms. The predicted molar refractivity (Wildman–Crippen MR) is 109 cm³/mol. The van der Waals surface area contributed by atoms with Gasteiger partial charge in [-0.3, -0.25) is 9.59 Å². The average molecular weight is 371 g/mol. The molecule has 154 valence electrons. The number of aliphatic carboxylic acids is 2. The van der Waals surface area contributed by atoms with E-state index >= 15 is 0 Å². The monoisotopic (exact) mass is 370 g/mol. The first-order valence-corrected chi connectivity index (χ1v) is 10.5. The van der Waals surface area contributed by atoms with E-state index in [0.717, 1.165) is 44.9 Å². The molecule has 0 aliphatic carbocycles. The van der Waals surface area contributed by atoms with Gasteiger partial charge in [0.15, 0.2) is 0 Å². The highest BCUT2D eigenvalue weighted by molar-refractivity contribution is 5.70. The van der Waals surface area contributed by atoms with Crippen LogP contribution in [0.3, 0.4) is 0 Å². The molecule has 0 heterocycles. The fourth-order valence-electron chi connectivity index (χ4n) is 2.92. The van der Waals surface area contributed by atoms with Crippen LogP contribution in [0.1, 0.15) is 104 Å². The summed E-state index contributed by atoms with van der Waals surface area (Å²) in [5, 5.41) is 17.7. The van der Waals surface area contributed by atoms with E-state index in [2.05, 4.69) is 20.4 Å². The molecule has 26 heavy (non-hydrogen) atoms. The molecule has 4 nitrogen and oxygen atoms in total. The number of unbranched alkanes of at least 4 members (excludes halogenated alkanes) is 6. The van der Waals surface area contributed by atoms with Gasteiger partial charge in [0.1, 0.15) is 0 Å². The van der Waals surface area contributed by atoms with Gasteiger partial charge in [-0.15, -0.1) is 6.58 Å².